The van der Waals surface area contributed by atoms with Gasteiger partial charge in [0.2, 0.25) is 0 Å². The maximum atomic E-state index is 5.72. The zero-order valence-corrected chi connectivity index (χ0v) is 13.2. The minimum absolute atomic E-state index is 0.587. The summed E-state index contributed by atoms with van der Waals surface area (Å²) in [7, 11) is 2.22. The van der Waals surface area contributed by atoms with E-state index in [0.717, 1.165) is 38.5 Å². The van der Waals surface area contributed by atoms with Crippen molar-refractivity contribution in [1.82, 2.24) is 15.1 Å². The molecule has 1 fully saturated rings. The summed E-state index contributed by atoms with van der Waals surface area (Å²) in [6.07, 6.45) is 4.24. The molecular weight excluding hydrogens is 250 g/mol. The first-order chi connectivity index (χ1) is 9.70. The molecule has 0 aromatic carbocycles. The molecule has 0 spiro atoms. The van der Waals surface area contributed by atoms with Crippen molar-refractivity contribution in [2.45, 2.75) is 45.8 Å². The Kier molecular flexibility index (Phi) is 6.07. The van der Waals surface area contributed by atoms with Crippen LogP contribution in [0.2, 0.25) is 0 Å². The van der Waals surface area contributed by atoms with Crippen LogP contribution in [0.4, 0.5) is 0 Å². The quantitative estimate of drug-likeness (QED) is 0.810. The van der Waals surface area contributed by atoms with Gasteiger partial charge in [0.05, 0.1) is 12.8 Å². The third-order valence-electron chi connectivity index (χ3n) is 4.11. The van der Waals surface area contributed by atoms with Gasteiger partial charge in [0.25, 0.3) is 0 Å². The summed E-state index contributed by atoms with van der Waals surface area (Å²) in [5.74, 6) is 1.13. The summed E-state index contributed by atoms with van der Waals surface area (Å²) in [5.41, 5.74) is 1.31. The second-order valence-corrected chi connectivity index (χ2v) is 5.98. The van der Waals surface area contributed by atoms with Crippen LogP contribution in [0.1, 0.15) is 38.0 Å². The van der Waals surface area contributed by atoms with E-state index in [2.05, 4.69) is 42.1 Å². The Labute approximate surface area is 123 Å². The van der Waals surface area contributed by atoms with E-state index in [1.807, 2.05) is 6.26 Å². The normalized spacial score (nSPS) is 22.1. The van der Waals surface area contributed by atoms with Gasteiger partial charge in [0.1, 0.15) is 5.76 Å². The van der Waals surface area contributed by atoms with Gasteiger partial charge in [-0.25, -0.2) is 0 Å². The van der Waals surface area contributed by atoms with Crippen LogP contribution in [0, 0.1) is 0 Å². The lowest BCUT2D eigenvalue weighted by Crippen LogP contribution is -2.37. The Morgan fingerprint density at radius 3 is 3.05 bits per heavy atom. The van der Waals surface area contributed by atoms with Crippen LogP contribution < -0.4 is 5.32 Å². The van der Waals surface area contributed by atoms with Crippen molar-refractivity contribution in [3.05, 3.63) is 23.7 Å². The van der Waals surface area contributed by atoms with Crippen LogP contribution in [-0.4, -0.2) is 49.1 Å². The van der Waals surface area contributed by atoms with Gasteiger partial charge in [-0.05, 0) is 46.0 Å². The largest absolute Gasteiger partial charge is 0.468 e. The van der Waals surface area contributed by atoms with Crippen LogP contribution in [0.25, 0.3) is 0 Å². The van der Waals surface area contributed by atoms with Crippen molar-refractivity contribution in [3.63, 3.8) is 0 Å². The molecule has 2 heterocycles. The van der Waals surface area contributed by atoms with Gasteiger partial charge in [-0.15, -0.1) is 0 Å². The molecule has 1 aromatic rings. The summed E-state index contributed by atoms with van der Waals surface area (Å²) >= 11 is 0. The predicted molar refractivity (Wildman–Crippen MR) is 82.7 cm³/mol. The average molecular weight is 279 g/mol. The lowest BCUT2D eigenvalue weighted by molar-refractivity contribution is 0.180. The second-order valence-electron chi connectivity index (χ2n) is 5.98. The molecule has 1 unspecified atom stereocenters. The first kappa shape index (κ1) is 15.5. The molecule has 0 bridgehead atoms. The maximum absolute atomic E-state index is 5.72. The van der Waals surface area contributed by atoms with E-state index >= 15 is 0 Å². The summed E-state index contributed by atoms with van der Waals surface area (Å²) in [4.78, 5) is 4.97. The molecule has 1 N–H and O–H groups in total. The highest BCUT2D eigenvalue weighted by Crippen LogP contribution is 2.17. The van der Waals surface area contributed by atoms with Crippen LogP contribution >= 0.6 is 0 Å². The summed E-state index contributed by atoms with van der Waals surface area (Å²) in [6.45, 7) is 10.9. The molecule has 0 radical (unpaired) electrons. The van der Waals surface area contributed by atoms with E-state index in [1.54, 1.807) is 0 Å². The molecule has 1 aliphatic heterocycles. The molecule has 0 amide bonds. The number of hydrogen-bond acceptors (Lipinski definition) is 4. The standard InChI is InChI=1S/C16H29N3O/c1-4-7-17-11-15-6-10-20-16(15)13-19-9-5-8-18(3)12-14(19)2/h6,10,14,17H,4-5,7-9,11-13H2,1-3H3. The fourth-order valence-electron chi connectivity index (χ4n) is 2.90. The van der Waals surface area contributed by atoms with Gasteiger partial charge in [-0.2, -0.15) is 0 Å². The van der Waals surface area contributed by atoms with Crippen LogP contribution in [0.15, 0.2) is 16.7 Å². The van der Waals surface area contributed by atoms with E-state index in [-0.39, 0.29) is 0 Å². The Hall–Kier alpha value is -0.840. The SMILES string of the molecule is CCCNCc1ccoc1CN1CCCN(C)CC1C. The number of nitrogens with zero attached hydrogens (tertiary/aromatic N) is 2. The van der Waals surface area contributed by atoms with Crippen molar-refractivity contribution in [2.24, 2.45) is 0 Å². The number of nitrogens with one attached hydrogen (secondary N) is 1. The zero-order chi connectivity index (χ0) is 14.4. The Morgan fingerprint density at radius 1 is 1.40 bits per heavy atom. The van der Waals surface area contributed by atoms with E-state index in [4.69, 9.17) is 4.42 Å². The van der Waals surface area contributed by atoms with Gasteiger partial charge in [-0.3, -0.25) is 4.90 Å². The van der Waals surface area contributed by atoms with Crippen LogP contribution in [0.3, 0.4) is 0 Å². The number of furan rings is 1. The fraction of sp³-hybridized carbons (Fsp3) is 0.750. The first-order valence-electron chi connectivity index (χ1n) is 7.89. The molecule has 2 rings (SSSR count). The monoisotopic (exact) mass is 279 g/mol. The number of hydrogen-bond donors (Lipinski definition) is 1. The molecule has 1 atom stereocenters. The maximum Gasteiger partial charge on any atom is 0.122 e. The number of likely N-dealkylation sites (N-methyl/N-ethyl adjacent to an activating group) is 1. The first-order valence-corrected chi connectivity index (χ1v) is 7.89. The molecule has 0 aliphatic carbocycles. The van der Waals surface area contributed by atoms with Crippen molar-refractivity contribution in [1.29, 1.82) is 0 Å². The molecular formula is C16H29N3O. The minimum atomic E-state index is 0.587. The van der Waals surface area contributed by atoms with Gasteiger partial charge in [0, 0.05) is 31.2 Å². The smallest absolute Gasteiger partial charge is 0.122 e. The van der Waals surface area contributed by atoms with E-state index in [1.165, 1.54) is 24.9 Å². The molecule has 1 aliphatic rings. The highest BCUT2D eigenvalue weighted by atomic mass is 16.3. The molecule has 1 saturated heterocycles. The predicted octanol–water partition coefficient (Wildman–Crippen LogP) is 2.31. The van der Waals surface area contributed by atoms with Gasteiger partial charge in [-0.1, -0.05) is 6.92 Å². The third kappa shape index (κ3) is 4.33. The fourth-order valence-corrected chi connectivity index (χ4v) is 2.90. The topological polar surface area (TPSA) is 31.7 Å². The van der Waals surface area contributed by atoms with Crippen molar-refractivity contribution < 1.29 is 4.42 Å². The van der Waals surface area contributed by atoms with Crippen molar-refractivity contribution in [3.8, 4) is 0 Å². The van der Waals surface area contributed by atoms with Gasteiger partial charge in [0.15, 0.2) is 0 Å². The van der Waals surface area contributed by atoms with Crippen LogP contribution in [0.5, 0.6) is 0 Å². The molecule has 20 heavy (non-hydrogen) atoms. The average Bonchev–Trinajstić information content (AvgIpc) is 2.78. The highest BCUT2D eigenvalue weighted by molar-refractivity contribution is 5.17. The van der Waals surface area contributed by atoms with E-state index in [0.29, 0.717) is 6.04 Å². The van der Waals surface area contributed by atoms with Crippen LogP contribution in [-0.2, 0) is 13.1 Å². The van der Waals surface area contributed by atoms with Crippen molar-refractivity contribution in [2.75, 3.05) is 33.2 Å². The third-order valence-corrected chi connectivity index (χ3v) is 4.11. The molecule has 1 aromatic heterocycles. The lowest BCUT2D eigenvalue weighted by Gasteiger charge is -2.27. The van der Waals surface area contributed by atoms with E-state index < -0.39 is 0 Å². The summed E-state index contributed by atoms with van der Waals surface area (Å²) < 4.78 is 5.72. The second kappa shape index (κ2) is 7.81. The molecule has 0 saturated carbocycles. The Balaban J connectivity index is 1.93. The zero-order valence-electron chi connectivity index (χ0n) is 13.2. The lowest BCUT2D eigenvalue weighted by atomic mass is 10.2. The molecule has 114 valence electrons. The van der Waals surface area contributed by atoms with E-state index in [9.17, 15) is 0 Å². The van der Waals surface area contributed by atoms with Gasteiger partial charge >= 0.3 is 0 Å². The minimum Gasteiger partial charge on any atom is -0.468 e. The van der Waals surface area contributed by atoms with Gasteiger partial charge < -0.3 is 14.6 Å². The Morgan fingerprint density at radius 2 is 2.25 bits per heavy atom. The summed E-state index contributed by atoms with van der Waals surface area (Å²) in [5, 5.41) is 3.46. The highest BCUT2D eigenvalue weighted by Gasteiger charge is 2.21. The van der Waals surface area contributed by atoms with Crippen molar-refractivity contribution >= 4 is 0 Å². The summed E-state index contributed by atoms with van der Waals surface area (Å²) in [6, 6.07) is 2.69. The Bertz CT molecular complexity index is 391. The molecule has 4 nitrogen and oxygen atoms in total. The number of rotatable bonds is 6. The molecule has 4 heteroatoms.